The SMILES string of the molecule is Cc1cc(-c2ccc(CNc3ncnc(N4CCc5c(C#N)cccc5C4)c3F)cc2)ccn1. The first-order valence-corrected chi connectivity index (χ1v) is 11.1. The van der Waals surface area contributed by atoms with Gasteiger partial charge in [-0.05, 0) is 59.4 Å². The van der Waals surface area contributed by atoms with Crippen molar-refractivity contribution in [3.8, 4) is 17.2 Å². The summed E-state index contributed by atoms with van der Waals surface area (Å²) in [6.07, 6.45) is 3.87. The van der Waals surface area contributed by atoms with Gasteiger partial charge >= 0.3 is 0 Å². The van der Waals surface area contributed by atoms with Gasteiger partial charge in [-0.25, -0.2) is 9.97 Å². The molecule has 34 heavy (non-hydrogen) atoms. The lowest BCUT2D eigenvalue weighted by molar-refractivity contribution is 0.596. The number of rotatable bonds is 5. The Kier molecular flexibility index (Phi) is 5.88. The molecule has 1 aliphatic heterocycles. The summed E-state index contributed by atoms with van der Waals surface area (Å²) < 4.78 is 15.3. The molecule has 0 atom stereocenters. The molecule has 0 saturated carbocycles. The number of hydrogen-bond acceptors (Lipinski definition) is 6. The van der Waals surface area contributed by atoms with E-state index >= 15 is 4.39 Å². The second-order valence-corrected chi connectivity index (χ2v) is 8.32. The molecule has 0 fully saturated rings. The van der Waals surface area contributed by atoms with Crippen LogP contribution < -0.4 is 10.2 Å². The highest BCUT2D eigenvalue weighted by Crippen LogP contribution is 2.29. The van der Waals surface area contributed by atoms with Gasteiger partial charge in [0.15, 0.2) is 11.6 Å². The predicted octanol–water partition coefficient (Wildman–Crippen LogP) is 5.03. The van der Waals surface area contributed by atoms with Crippen molar-refractivity contribution >= 4 is 11.6 Å². The van der Waals surface area contributed by atoms with E-state index < -0.39 is 5.82 Å². The summed E-state index contributed by atoms with van der Waals surface area (Å²) in [4.78, 5) is 14.5. The lowest BCUT2D eigenvalue weighted by Gasteiger charge is -2.30. The standard InChI is InChI=1S/C27H23FN6/c1-18-13-21(9-11-30-18)20-7-5-19(6-8-20)15-31-26-25(28)27(33-17-32-26)34-12-10-24-22(14-29)3-2-4-23(24)16-34/h2-9,11,13,17H,10,12,15-16H2,1H3,(H,31,32,33). The molecule has 3 heterocycles. The van der Waals surface area contributed by atoms with Crippen molar-refractivity contribution in [3.63, 3.8) is 0 Å². The topological polar surface area (TPSA) is 77.7 Å². The molecule has 5 rings (SSSR count). The van der Waals surface area contributed by atoms with Gasteiger partial charge in [-0.15, -0.1) is 0 Å². The Bertz CT molecular complexity index is 1380. The first-order chi connectivity index (χ1) is 16.6. The third kappa shape index (κ3) is 4.30. The van der Waals surface area contributed by atoms with Crippen molar-refractivity contribution in [1.82, 2.24) is 15.0 Å². The van der Waals surface area contributed by atoms with Crippen LogP contribution in [-0.4, -0.2) is 21.5 Å². The summed E-state index contributed by atoms with van der Waals surface area (Å²) in [5, 5.41) is 12.4. The Hall–Kier alpha value is -4.31. The van der Waals surface area contributed by atoms with E-state index in [0.29, 0.717) is 31.6 Å². The van der Waals surface area contributed by atoms with E-state index in [1.54, 1.807) is 6.20 Å². The van der Waals surface area contributed by atoms with Gasteiger partial charge < -0.3 is 10.2 Å². The van der Waals surface area contributed by atoms with E-state index in [2.05, 4.69) is 26.3 Å². The molecule has 6 nitrogen and oxygen atoms in total. The molecular weight excluding hydrogens is 427 g/mol. The third-order valence-electron chi connectivity index (χ3n) is 6.10. The quantitative estimate of drug-likeness (QED) is 0.459. The van der Waals surface area contributed by atoms with Crippen LogP contribution in [0, 0.1) is 24.1 Å². The zero-order valence-corrected chi connectivity index (χ0v) is 18.8. The second-order valence-electron chi connectivity index (χ2n) is 8.32. The number of nitriles is 1. The second kappa shape index (κ2) is 9.28. The Morgan fingerprint density at radius 2 is 1.91 bits per heavy atom. The number of hydrogen-bond donors (Lipinski definition) is 1. The normalized spacial score (nSPS) is 12.7. The summed E-state index contributed by atoms with van der Waals surface area (Å²) in [5.41, 5.74) is 6.97. The van der Waals surface area contributed by atoms with Gasteiger partial charge in [0.05, 0.1) is 11.6 Å². The fraction of sp³-hybridized carbons (Fsp3) is 0.185. The van der Waals surface area contributed by atoms with E-state index in [0.717, 1.165) is 33.5 Å². The third-order valence-corrected chi connectivity index (χ3v) is 6.10. The number of fused-ring (bicyclic) bond motifs is 1. The minimum absolute atomic E-state index is 0.176. The van der Waals surface area contributed by atoms with Gasteiger partial charge in [-0.3, -0.25) is 4.98 Å². The lowest BCUT2D eigenvalue weighted by atomic mass is 9.95. The summed E-state index contributed by atoms with van der Waals surface area (Å²) in [6, 6.07) is 20.1. The van der Waals surface area contributed by atoms with Crippen molar-refractivity contribution in [2.45, 2.75) is 26.4 Å². The molecule has 168 valence electrons. The van der Waals surface area contributed by atoms with Crippen LogP contribution in [0.15, 0.2) is 67.1 Å². The first-order valence-electron chi connectivity index (χ1n) is 11.1. The minimum atomic E-state index is -0.466. The van der Waals surface area contributed by atoms with Crippen molar-refractivity contribution in [1.29, 1.82) is 5.26 Å². The average Bonchev–Trinajstić information content (AvgIpc) is 2.87. The zero-order valence-electron chi connectivity index (χ0n) is 18.8. The van der Waals surface area contributed by atoms with E-state index in [-0.39, 0.29) is 11.6 Å². The van der Waals surface area contributed by atoms with E-state index in [9.17, 15) is 5.26 Å². The number of halogens is 1. The number of benzene rings is 2. The predicted molar refractivity (Wildman–Crippen MR) is 130 cm³/mol. The van der Waals surface area contributed by atoms with Gasteiger partial charge in [-0.1, -0.05) is 36.4 Å². The highest BCUT2D eigenvalue weighted by molar-refractivity contribution is 5.63. The fourth-order valence-electron chi connectivity index (χ4n) is 4.33. The largest absolute Gasteiger partial charge is 0.363 e. The molecule has 7 heteroatoms. The molecule has 0 spiro atoms. The van der Waals surface area contributed by atoms with Crippen LogP contribution in [0.5, 0.6) is 0 Å². The Morgan fingerprint density at radius 1 is 1.06 bits per heavy atom. The molecule has 1 aliphatic rings. The van der Waals surface area contributed by atoms with Gasteiger partial charge in [0.2, 0.25) is 5.82 Å². The van der Waals surface area contributed by atoms with Crippen molar-refractivity contribution in [3.05, 3.63) is 101 Å². The minimum Gasteiger partial charge on any atom is -0.363 e. The number of nitrogens with zero attached hydrogens (tertiary/aromatic N) is 5. The highest BCUT2D eigenvalue weighted by atomic mass is 19.1. The van der Waals surface area contributed by atoms with Crippen LogP contribution in [0.1, 0.15) is 27.9 Å². The van der Waals surface area contributed by atoms with Crippen LogP contribution >= 0.6 is 0 Å². The molecule has 0 radical (unpaired) electrons. The van der Waals surface area contributed by atoms with Gasteiger partial charge in [0, 0.05) is 31.5 Å². The zero-order chi connectivity index (χ0) is 23.5. The van der Waals surface area contributed by atoms with E-state index in [1.807, 2.05) is 66.4 Å². The molecule has 4 aromatic rings. The first kappa shape index (κ1) is 21.5. The molecular formula is C27H23FN6. The lowest BCUT2D eigenvalue weighted by Crippen LogP contribution is -2.32. The summed E-state index contributed by atoms with van der Waals surface area (Å²) >= 11 is 0. The van der Waals surface area contributed by atoms with Crippen LogP contribution in [0.2, 0.25) is 0 Å². The van der Waals surface area contributed by atoms with E-state index in [4.69, 9.17) is 0 Å². The molecule has 0 bridgehead atoms. The van der Waals surface area contributed by atoms with Crippen molar-refractivity contribution < 1.29 is 4.39 Å². The summed E-state index contributed by atoms with van der Waals surface area (Å²) in [5.74, 6) is -0.0180. The Labute approximate surface area is 197 Å². The maximum absolute atomic E-state index is 15.3. The smallest absolute Gasteiger partial charge is 0.207 e. The van der Waals surface area contributed by atoms with Crippen molar-refractivity contribution in [2.24, 2.45) is 0 Å². The maximum Gasteiger partial charge on any atom is 0.207 e. The number of nitrogens with one attached hydrogen (secondary N) is 1. The summed E-state index contributed by atoms with van der Waals surface area (Å²) in [7, 11) is 0. The number of anilines is 2. The number of aryl methyl sites for hydroxylation is 1. The monoisotopic (exact) mass is 450 g/mol. The van der Waals surface area contributed by atoms with Crippen LogP contribution in [0.4, 0.5) is 16.0 Å². The molecule has 0 saturated heterocycles. The molecule has 0 unspecified atom stereocenters. The summed E-state index contributed by atoms with van der Waals surface area (Å²) in [6.45, 7) is 3.51. The highest BCUT2D eigenvalue weighted by Gasteiger charge is 2.23. The van der Waals surface area contributed by atoms with Crippen LogP contribution in [0.25, 0.3) is 11.1 Å². The number of aromatic nitrogens is 3. The number of pyridine rings is 1. The van der Waals surface area contributed by atoms with Gasteiger partial charge in [-0.2, -0.15) is 9.65 Å². The van der Waals surface area contributed by atoms with Gasteiger partial charge in [0.25, 0.3) is 0 Å². The van der Waals surface area contributed by atoms with E-state index in [1.165, 1.54) is 6.33 Å². The molecule has 1 N–H and O–H groups in total. The Balaban J connectivity index is 1.29. The molecule has 2 aromatic heterocycles. The maximum atomic E-state index is 15.3. The van der Waals surface area contributed by atoms with Crippen molar-refractivity contribution in [2.75, 3.05) is 16.8 Å². The molecule has 2 aromatic carbocycles. The van der Waals surface area contributed by atoms with Crippen LogP contribution in [0.3, 0.4) is 0 Å². The molecule has 0 aliphatic carbocycles. The van der Waals surface area contributed by atoms with Gasteiger partial charge in [0.1, 0.15) is 6.33 Å². The average molecular weight is 451 g/mol. The van der Waals surface area contributed by atoms with Crippen LogP contribution in [-0.2, 0) is 19.5 Å². The molecule has 0 amide bonds. The Morgan fingerprint density at radius 3 is 2.71 bits per heavy atom. The fourth-order valence-corrected chi connectivity index (χ4v) is 4.33.